The molecule has 0 atom stereocenters. The van der Waals surface area contributed by atoms with Gasteiger partial charge < -0.3 is 9.94 Å². The van der Waals surface area contributed by atoms with Gasteiger partial charge in [-0.2, -0.15) is 5.10 Å². The van der Waals surface area contributed by atoms with Gasteiger partial charge in [0.05, 0.1) is 12.3 Å². The molecule has 94 valence electrons. The largest absolute Gasteiger partial charge is 0.492 e. The molecule has 1 N–H and O–H groups in total. The summed E-state index contributed by atoms with van der Waals surface area (Å²) in [5.74, 6) is 0.789. The Labute approximate surface area is 105 Å². The maximum atomic E-state index is 8.65. The van der Waals surface area contributed by atoms with E-state index in [-0.39, 0.29) is 0 Å². The van der Waals surface area contributed by atoms with Gasteiger partial charge in [-0.15, -0.1) is 0 Å². The summed E-state index contributed by atoms with van der Waals surface area (Å²) in [6.07, 6.45) is 3.64. The molecule has 0 spiro atoms. The van der Waals surface area contributed by atoms with Gasteiger partial charge >= 0.3 is 0 Å². The maximum Gasteiger partial charge on any atom is 0.119 e. The van der Waals surface area contributed by atoms with E-state index >= 15 is 0 Å². The molecule has 5 nitrogen and oxygen atoms in total. The number of nitrogens with zero attached hydrogens (tertiary/aromatic N) is 3. The molecule has 1 heterocycles. The van der Waals surface area contributed by atoms with Crippen molar-refractivity contribution in [2.45, 2.75) is 13.5 Å². The second kappa shape index (κ2) is 5.86. The second-order valence-corrected chi connectivity index (χ2v) is 3.83. The summed E-state index contributed by atoms with van der Waals surface area (Å²) < 4.78 is 7.40. The molecule has 0 aliphatic heterocycles. The average Bonchev–Trinajstić information content (AvgIpc) is 2.92. The van der Waals surface area contributed by atoms with Crippen LogP contribution in [0.4, 0.5) is 0 Å². The molecule has 0 unspecified atom stereocenters. The van der Waals surface area contributed by atoms with Crippen molar-refractivity contribution in [2.24, 2.45) is 5.16 Å². The number of ether oxygens (including phenoxy) is 1. The van der Waals surface area contributed by atoms with Crippen LogP contribution in [0.5, 0.6) is 5.75 Å². The first-order valence-electron chi connectivity index (χ1n) is 5.69. The standard InChI is InChI=1S/C13H15N3O2/c1-11(15-17)12-3-5-13(6-4-12)18-10-9-16-8-2-7-14-16/h2-8,17H,9-10H2,1H3. The van der Waals surface area contributed by atoms with Crippen molar-refractivity contribution in [2.75, 3.05) is 6.61 Å². The molecule has 0 saturated heterocycles. The topological polar surface area (TPSA) is 59.6 Å². The summed E-state index contributed by atoms with van der Waals surface area (Å²) in [5.41, 5.74) is 1.45. The van der Waals surface area contributed by atoms with Gasteiger partial charge in [0.25, 0.3) is 0 Å². The van der Waals surface area contributed by atoms with Crippen LogP contribution in [0.2, 0.25) is 0 Å². The molecule has 0 fully saturated rings. The monoisotopic (exact) mass is 245 g/mol. The third kappa shape index (κ3) is 3.10. The van der Waals surface area contributed by atoms with Gasteiger partial charge in [0, 0.05) is 12.4 Å². The van der Waals surface area contributed by atoms with Crippen LogP contribution >= 0.6 is 0 Å². The Hall–Kier alpha value is -2.30. The fraction of sp³-hybridized carbons (Fsp3) is 0.231. The van der Waals surface area contributed by atoms with Gasteiger partial charge in [0.1, 0.15) is 12.4 Å². The predicted molar refractivity (Wildman–Crippen MR) is 68.2 cm³/mol. The minimum absolute atomic E-state index is 0.564. The SMILES string of the molecule is CC(=NO)c1ccc(OCCn2cccn2)cc1. The summed E-state index contributed by atoms with van der Waals surface area (Å²) in [5, 5.41) is 15.9. The molecule has 0 bridgehead atoms. The number of hydrogen-bond donors (Lipinski definition) is 1. The Kier molecular flexibility index (Phi) is 3.96. The van der Waals surface area contributed by atoms with E-state index in [2.05, 4.69) is 10.3 Å². The fourth-order valence-electron chi connectivity index (χ4n) is 1.54. The van der Waals surface area contributed by atoms with Crippen molar-refractivity contribution < 1.29 is 9.94 Å². The van der Waals surface area contributed by atoms with E-state index < -0.39 is 0 Å². The highest BCUT2D eigenvalue weighted by atomic mass is 16.5. The molecular formula is C13H15N3O2. The zero-order valence-electron chi connectivity index (χ0n) is 10.2. The van der Waals surface area contributed by atoms with Crippen LogP contribution in [0.15, 0.2) is 47.9 Å². The van der Waals surface area contributed by atoms with Crippen molar-refractivity contribution >= 4 is 5.71 Å². The molecule has 5 heteroatoms. The minimum atomic E-state index is 0.564. The smallest absolute Gasteiger partial charge is 0.119 e. The lowest BCUT2D eigenvalue weighted by molar-refractivity contribution is 0.291. The third-order valence-electron chi connectivity index (χ3n) is 2.57. The Balaban J connectivity index is 1.87. The number of rotatable bonds is 5. The molecule has 2 rings (SSSR count). The summed E-state index contributed by atoms with van der Waals surface area (Å²) >= 11 is 0. The van der Waals surface area contributed by atoms with Gasteiger partial charge in [-0.05, 0) is 42.8 Å². The maximum absolute atomic E-state index is 8.65. The number of oxime groups is 1. The van der Waals surface area contributed by atoms with Crippen LogP contribution in [-0.4, -0.2) is 27.3 Å². The molecule has 0 aliphatic carbocycles. The van der Waals surface area contributed by atoms with Gasteiger partial charge in [-0.3, -0.25) is 4.68 Å². The summed E-state index contributed by atoms with van der Waals surface area (Å²) in [6, 6.07) is 9.31. The van der Waals surface area contributed by atoms with E-state index in [0.717, 1.165) is 11.3 Å². The molecule has 18 heavy (non-hydrogen) atoms. The summed E-state index contributed by atoms with van der Waals surface area (Å²) in [7, 11) is 0. The Morgan fingerprint density at radius 2 is 2.17 bits per heavy atom. The minimum Gasteiger partial charge on any atom is -0.492 e. The first kappa shape index (κ1) is 12.2. The first-order valence-corrected chi connectivity index (χ1v) is 5.69. The van der Waals surface area contributed by atoms with Crippen molar-refractivity contribution in [3.8, 4) is 5.75 Å². The van der Waals surface area contributed by atoms with Crippen LogP contribution in [0.1, 0.15) is 12.5 Å². The highest BCUT2D eigenvalue weighted by Crippen LogP contribution is 2.12. The predicted octanol–water partition coefficient (Wildman–Crippen LogP) is 2.16. The average molecular weight is 245 g/mol. The quantitative estimate of drug-likeness (QED) is 0.499. The van der Waals surface area contributed by atoms with E-state index in [0.29, 0.717) is 18.9 Å². The molecule has 0 amide bonds. The Bertz CT molecular complexity index is 504. The van der Waals surface area contributed by atoms with Crippen molar-refractivity contribution in [1.29, 1.82) is 0 Å². The van der Waals surface area contributed by atoms with E-state index in [1.165, 1.54) is 0 Å². The van der Waals surface area contributed by atoms with Gasteiger partial charge in [0.2, 0.25) is 0 Å². The highest BCUT2D eigenvalue weighted by Gasteiger charge is 1.99. The lowest BCUT2D eigenvalue weighted by Crippen LogP contribution is -2.08. The van der Waals surface area contributed by atoms with Crippen LogP contribution < -0.4 is 4.74 Å². The molecule has 0 aliphatic rings. The first-order chi connectivity index (χ1) is 8.79. The van der Waals surface area contributed by atoms with Crippen molar-refractivity contribution in [3.05, 3.63) is 48.3 Å². The number of aromatic nitrogens is 2. The molecule has 2 aromatic rings. The van der Waals surface area contributed by atoms with Crippen LogP contribution in [0, 0.1) is 0 Å². The molecule has 1 aromatic heterocycles. The molecule has 0 saturated carbocycles. The van der Waals surface area contributed by atoms with E-state index in [9.17, 15) is 0 Å². The zero-order valence-corrected chi connectivity index (χ0v) is 10.2. The fourth-order valence-corrected chi connectivity index (χ4v) is 1.54. The normalized spacial score (nSPS) is 11.5. The second-order valence-electron chi connectivity index (χ2n) is 3.83. The number of benzene rings is 1. The Morgan fingerprint density at radius 3 is 2.78 bits per heavy atom. The lowest BCUT2D eigenvalue weighted by Gasteiger charge is -2.07. The van der Waals surface area contributed by atoms with Gasteiger partial charge in [-0.25, -0.2) is 0 Å². The van der Waals surface area contributed by atoms with Crippen LogP contribution in [-0.2, 0) is 6.54 Å². The summed E-state index contributed by atoms with van der Waals surface area (Å²) in [4.78, 5) is 0. The number of hydrogen-bond acceptors (Lipinski definition) is 4. The lowest BCUT2D eigenvalue weighted by atomic mass is 10.1. The highest BCUT2D eigenvalue weighted by molar-refractivity contribution is 5.98. The molecule has 0 radical (unpaired) electrons. The van der Waals surface area contributed by atoms with Gasteiger partial charge in [0.15, 0.2) is 0 Å². The van der Waals surface area contributed by atoms with E-state index in [1.807, 2.05) is 41.2 Å². The van der Waals surface area contributed by atoms with E-state index in [1.54, 1.807) is 13.1 Å². The third-order valence-corrected chi connectivity index (χ3v) is 2.57. The van der Waals surface area contributed by atoms with Crippen molar-refractivity contribution in [1.82, 2.24) is 9.78 Å². The van der Waals surface area contributed by atoms with Crippen molar-refractivity contribution in [3.63, 3.8) is 0 Å². The molecule has 1 aromatic carbocycles. The van der Waals surface area contributed by atoms with Crippen LogP contribution in [0.3, 0.4) is 0 Å². The van der Waals surface area contributed by atoms with E-state index in [4.69, 9.17) is 9.94 Å². The summed E-state index contributed by atoms with van der Waals surface area (Å²) in [6.45, 7) is 3.02. The van der Waals surface area contributed by atoms with Gasteiger partial charge in [-0.1, -0.05) is 5.16 Å². The Morgan fingerprint density at radius 1 is 1.39 bits per heavy atom. The zero-order chi connectivity index (χ0) is 12.8. The molecular weight excluding hydrogens is 230 g/mol. The van der Waals surface area contributed by atoms with Crippen LogP contribution in [0.25, 0.3) is 0 Å².